The molecule has 0 spiro atoms. The molecular weight excluding hydrogens is 588 g/mol. The molecule has 5 rings (SSSR count). The zero-order valence-electron chi connectivity index (χ0n) is 27.2. The van der Waals surface area contributed by atoms with Gasteiger partial charge in [-0.25, -0.2) is 0 Å². The van der Waals surface area contributed by atoms with E-state index in [-0.39, 0.29) is 30.6 Å². The minimum absolute atomic E-state index is 0.0386. The Morgan fingerprint density at radius 2 is 1.45 bits per heavy atom. The number of ether oxygens (including phenoxy) is 2. The molecule has 0 aromatic heterocycles. The van der Waals surface area contributed by atoms with E-state index in [1.54, 1.807) is 0 Å². The third kappa shape index (κ3) is 9.33. The van der Waals surface area contributed by atoms with Crippen LogP contribution in [0.3, 0.4) is 0 Å². The number of benzene rings is 4. The number of aliphatic hydroxyl groups is 1. The van der Waals surface area contributed by atoms with Gasteiger partial charge in [0.25, 0.3) is 5.91 Å². The molecule has 0 saturated carbocycles. The summed E-state index contributed by atoms with van der Waals surface area (Å²) in [4.78, 5) is 28.8. The van der Waals surface area contributed by atoms with E-state index in [1.807, 2.05) is 128 Å². The molecule has 1 fully saturated rings. The van der Waals surface area contributed by atoms with Gasteiger partial charge in [0.05, 0.1) is 18.7 Å². The largest absolute Gasteiger partial charge is 0.483 e. The topological polar surface area (TPSA) is 88.1 Å². The number of rotatable bonds is 15. The summed E-state index contributed by atoms with van der Waals surface area (Å²) in [6.45, 7) is 8.14. The minimum Gasteiger partial charge on any atom is -0.483 e. The highest BCUT2D eigenvalue weighted by Crippen LogP contribution is 2.29. The molecule has 7 heteroatoms. The van der Waals surface area contributed by atoms with E-state index < -0.39 is 18.2 Å². The first-order valence-electron chi connectivity index (χ1n) is 16.2. The molecule has 4 aromatic carbocycles. The maximum atomic E-state index is 13.7. The van der Waals surface area contributed by atoms with Crippen LogP contribution in [0, 0.1) is 19.8 Å². The van der Waals surface area contributed by atoms with E-state index in [0.717, 1.165) is 27.9 Å². The van der Waals surface area contributed by atoms with Crippen LogP contribution in [0.4, 0.5) is 5.69 Å². The Morgan fingerprint density at radius 3 is 2.06 bits per heavy atom. The molecule has 7 nitrogen and oxygen atoms in total. The molecule has 1 aliphatic heterocycles. The smallest absolute Gasteiger partial charge is 0.258 e. The number of carbonyl (C=O) groups is 2. The van der Waals surface area contributed by atoms with Crippen LogP contribution in [0.25, 0.3) is 0 Å². The van der Waals surface area contributed by atoms with E-state index in [1.165, 1.54) is 0 Å². The van der Waals surface area contributed by atoms with Gasteiger partial charge >= 0.3 is 0 Å². The number of nitrogens with zero attached hydrogens (tertiary/aromatic N) is 1. The van der Waals surface area contributed by atoms with Crippen LogP contribution in [-0.2, 0) is 27.2 Å². The van der Waals surface area contributed by atoms with Crippen molar-refractivity contribution in [1.29, 1.82) is 0 Å². The van der Waals surface area contributed by atoms with Gasteiger partial charge in [-0.3, -0.25) is 9.59 Å². The van der Waals surface area contributed by atoms with Gasteiger partial charge in [-0.2, -0.15) is 0 Å². The van der Waals surface area contributed by atoms with Gasteiger partial charge in [0.15, 0.2) is 24.4 Å². The van der Waals surface area contributed by atoms with Gasteiger partial charge in [-0.15, -0.1) is 0 Å². The Balaban J connectivity index is 1.29. The van der Waals surface area contributed by atoms with Crippen molar-refractivity contribution in [2.24, 2.45) is 5.92 Å². The van der Waals surface area contributed by atoms with Crippen LogP contribution in [-0.4, -0.2) is 48.2 Å². The number of ketones is 1. The third-order valence-electron chi connectivity index (χ3n) is 8.65. The summed E-state index contributed by atoms with van der Waals surface area (Å²) >= 11 is 0. The lowest BCUT2D eigenvalue weighted by Crippen LogP contribution is -2.47. The first-order chi connectivity index (χ1) is 22.8. The van der Waals surface area contributed by atoms with Crippen LogP contribution in [0.1, 0.15) is 35.1 Å². The Kier molecular flexibility index (Phi) is 11.5. The number of carbonyl (C=O) groups excluding carboxylic acids is 2. The third-order valence-corrected chi connectivity index (χ3v) is 8.65. The van der Waals surface area contributed by atoms with E-state index in [0.29, 0.717) is 37.4 Å². The summed E-state index contributed by atoms with van der Waals surface area (Å²) in [5.41, 5.74) is 4.89. The lowest BCUT2D eigenvalue weighted by molar-refractivity contribution is -0.128. The van der Waals surface area contributed by atoms with Crippen molar-refractivity contribution in [2.45, 2.75) is 57.8 Å². The highest BCUT2D eigenvalue weighted by atomic mass is 16.5. The second-order valence-electron chi connectivity index (χ2n) is 12.3. The normalized spacial score (nSPS) is 16.2. The van der Waals surface area contributed by atoms with Gasteiger partial charge in [-0.05, 0) is 80.0 Å². The van der Waals surface area contributed by atoms with Crippen LogP contribution in [0.2, 0.25) is 0 Å². The fraction of sp³-hybridized carbons (Fsp3) is 0.300. The van der Waals surface area contributed by atoms with Gasteiger partial charge in [-0.1, -0.05) is 97.1 Å². The van der Waals surface area contributed by atoms with Crippen LogP contribution >= 0.6 is 0 Å². The Labute approximate surface area is 277 Å². The Hall–Kier alpha value is -4.88. The summed E-state index contributed by atoms with van der Waals surface area (Å²) in [5.74, 6) is 0.587. The van der Waals surface area contributed by atoms with Gasteiger partial charge in [0, 0.05) is 12.1 Å². The molecule has 2 N–H and O–H groups in total. The van der Waals surface area contributed by atoms with Crippen LogP contribution in [0.5, 0.6) is 5.75 Å². The molecule has 47 heavy (non-hydrogen) atoms. The van der Waals surface area contributed by atoms with Gasteiger partial charge < -0.3 is 24.8 Å². The summed E-state index contributed by atoms with van der Waals surface area (Å²) in [7, 11) is 0. The lowest BCUT2D eigenvalue weighted by Gasteiger charge is -2.28. The number of aryl methyl sites for hydroxylation is 2. The fourth-order valence-corrected chi connectivity index (χ4v) is 6.23. The standard InChI is InChI=1S/C40H44N2O5/c1-28-14-13-15-29(2)40(28)46-27-39(45)41-35(23-32-18-9-5-10-19-32)36(43)24-33(22-31-16-7-4-8-17-31)25-37(44)38-26-42(30(3)47-38)34-20-11-6-12-21-34/h4-21,33,35-36,38,43H,3,22-27H2,1-2H3,(H,41,45)/t33-,35-,36-,38?/m0/s1. The molecule has 0 aliphatic carbocycles. The molecule has 1 aliphatic rings. The Morgan fingerprint density at radius 1 is 0.872 bits per heavy atom. The van der Waals surface area contributed by atoms with Crippen LogP contribution in [0.15, 0.2) is 122 Å². The number of anilines is 1. The number of hydrogen-bond donors (Lipinski definition) is 2. The SMILES string of the molecule is C=C1OC(C(=O)C[C@@H](Cc2ccccc2)C[C@H](O)[C@H](Cc2ccccc2)NC(=O)COc2c(C)cccc2C)CN1c1ccccc1. The molecule has 4 atom stereocenters. The van der Waals surface area contributed by atoms with Gasteiger partial charge in [0.2, 0.25) is 0 Å². The summed E-state index contributed by atoms with van der Waals surface area (Å²) in [5, 5.41) is 14.8. The summed E-state index contributed by atoms with van der Waals surface area (Å²) in [6.07, 6.45) is -0.0103. The van der Waals surface area contributed by atoms with Crippen molar-refractivity contribution in [3.8, 4) is 5.75 Å². The van der Waals surface area contributed by atoms with Crippen molar-refractivity contribution in [2.75, 3.05) is 18.1 Å². The number of hydrogen-bond acceptors (Lipinski definition) is 6. The maximum Gasteiger partial charge on any atom is 0.258 e. The number of nitrogens with one attached hydrogen (secondary N) is 1. The van der Waals surface area contributed by atoms with E-state index in [2.05, 4.69) is 11.9 Å². The monoisotopic (exact) mass is 632 g/mol. The van der Waals surface area contributed by atoms with Crippen molar-refractivity contribution in [3.63, 3.8) is 0 Å². The number of para-hydroxylation sites is 2. The first kappa shape index (κ1) is 33.5. The fourth-order valence-electron chi connectivity index (χ4n) is 6.23. The highest BCUT2D eigenvalue weighted by Gasteiger charge is 2.35. The number of Topliss-reactive ketones (excluding diaryl/α,β-unsaturated/α-hetero) is 1. The minimum atomic E-state index is -0.916. The average molecular weight is 633 g/mol. The predicted octanol–water partition coefficient (Wildman–Crippen LogP) is 6.36. The van der Waals surface area contributed by atoms with Crippen molar-refractivity contribution in [3.05, 3.63) is 144 Å². The number of amides is 1. The van der Waals surface area contributed by atoms with Crippen molar-refractivity contribution >= 4 is 17.4 Å². The molecule has 0 bridgehead atoms. The first-order valence-corrected chi connectivity index (χ1v) is 16.2. The molecule has 4 aromatic rings. The van der Waals surface area contributed by atoms with Crippen molar-refractivity contribution in [1.82, 2.24) is 5.32 Å². The predicted molar refractivity (Wildman–Crippen MR) is 185 cm³/mol. The molecule has 1 amide bonds. The van der Waals surface area contributed by atoms with Crippen LogP contribution < -0.4 is 15.0 Å². The van der Waals surface area contributed by atoms with E-state index in [4.69, 9.17) is 9.47 Å². The molecule has 244 valence electrons. The van der Waals surface area contributed by atoms with E-state index in [9.17, 15) is 14.7 Å². The quantitative estimate of drug-likeness (QED) is 0.159. The molecule has 1 heterocycles. The second kappa shape index (κ2) is 16.1. The summed E-state index contributed by atoms with van der Waals surface area (Å²) in [6, 6.07) is 34.7. The Bertz CT molecular complexity index is 1610. The molecule has 1 saturated heterocycles. The number of aliphatic hydroxyl groups excluding tert-OH is 1. The van der Waals surface area contributed by atoms with E-state index >= 15 is 0 Å². The zero-order valence-corrected chi connectivity index (χ0v) is 27.2. The summed E-state index contributed by atoms with van der Waals surface area (Å²) < 4.78 is 11.9. The zero-order chi connectivity index (χ0) is 33.2. The lowest BCUT2D eigenvalue weighted by atomic mass is 9.85. The average Bonchev–Trinajstić information content (AvgIpc) is 3.47. The van der Waals surface area contributed by atoms with Crippen molar-refractivity contribution < 1.29 is 24.2 Å². The second-order valence-corrected chi connectivity index (χ2v) is 12.3. The highest BCUT2D eigenvalue weighted by molar-refractivity contribution is 5.85. The van der Waals surface area contributed by atoms with Gasteiger partial charge in [0.1, 0.15) is 5.75 Å². The molecule has 1 unspecified atom stereocenters. The molecule has 0 radical (unpaired) electrons. The molecular formula is C40H44N2O5. The maximum absolute atomic E-state index is 13.7.